The van der Waals surface area contributed by atoms with E-state index in [1.165, 1.54) is 11.3 Å². The van der Waals surface area contributed by atoms with Crippen molar-refractivity contribution in [1.29, 1.82) is 0 Å². The van der Waals surface area contributed by atoms with Crippen molar-refractivity contribution in [3.8, 4) is 11.6 Å². The maximum atomic E-state index is 12.8. The Morgan fingerprint density at radius 2 is 2.19 bits per heavy atom. The van der Waals surface area contributed by atoms with E-state index in [0.29, 0.717) is 22.4 Å². The largest absolute Gasteiger partial charge is 0.474 e. The maximum absolute atomic E-state index is 12.8. The number of hydrogen-bond donors (Lipinski definition) is 1. The molecule has 0 bridgehead atoms. The van der Waals surface area contributed by atoms with Gasteiger partial charge in [-0.15, -0.1) is 11.3 Å². The maximum Gasteiger partial charge on any atom is 0.392 e. The molecule has 0 radical (unpaired) electrons. The van der Waals surface area contributed by atoms with Crippen molar-refractivity contribution >= 4 is 34.6 Å². The van der Waals surface area contributed by atoms with Crippen LogP contribution in [0.15, 0.2) is 54.9 Å². The van der Waals surface area contributed by atoms with Gasteiger partial charge in [-0.1, -0.05) is 29.8 Å². The van der Waals surface area contributed by atoms with Crippen molar-refractivity contribution in [3.63, 3.8) is 0 Å². The molecule has 0 aliphatic carbocycles. The molecule has 0 aliphatic rings. The zero-order valence-corrected chi connectivity index (χ0v) is 15.9. The first-order chi connectivity index (χ1) is 13.0. The molecule has 0 saturated heterocycles. The van der Waals surface area contributed by atoms with Crippen LogP contribution < -0.4 is 9.30 Å². The highest BCUT2D eigenvalue weighted by Crippen LogP contribution is 2.23. The molecule has 4 aromatic rings. The Hall–Kier alpha value is -2.90. The average molecular weight is 401 g/mol. The van der Waals surface area contributed by atoms with Gasteiger partial charge in [-0.2, -0.15) is 8.97 Å². The predicted octanol–water partition coefficient (Wildman–Crippen LogP) is 3.62. The van der Waals surface area contributed by atoms with E-state index in [1.807, 2.05) is 31.2 Å². The summed E-state index contributed by atoms with van der Waals surface area (Å²) >= 11 is 7.22. The lowest BCUT2D eigenvalue weighted by atomic mass is 10.2. The number of nitrogens with zero attached hydrogens (tertiary/aromatic N) is 3. The van der Waals surface area contributed by atoms with Crippen molar-refractivity contribution in [3.05, 3.63) is 75.5 Å². The Morgan fingerprint density at radius 1 is 1.33 bits per heavy atom. The topological polar surface area (TPSA) is 67.7 Å². The van der Waals surface area contributed by atoms with Gasteiger partial charge < -0.3 is 9.84 Å². The van der Waals surface area contributed by atoms with Gasteiger partial charge in [0.25, 0.3) is 5.65 Å². The predicted molar refractivity (Wildman–Crippen MR) is 102 cm³/mol. The van der Waals surface area contributed by atoms with Gasteiger partial charge in [-0.3, -0.25) is 0 Å². The Balaban J connectivity index is 1.76. The highest BCUT2D eigenvalue weighted by atomic mass is 35.5. The minimum absolute atomic E-state index is 0.0581. The fourth-order valence-electron chi connectivity index (χ4n) is 2.88. The van der Waals surface area contributed by atoms with Crippen molar-refractivity contribution in [2.75, 3.05) is 0 Å². The number of halogens is 1. The number of benzene rings is 1. The van der Waals surface area contributed by atoms with Gasteiger partial charge in [-0.25, -0.2) is 9.78 Å². The molecule has 0 spiro atoms. The summed E-state index contributed by atoms with van der Waals surface area (Å²) in [6, 6.07) is 12.6. The number of aryl methyl sites for hydroxylation is 1. The number of aromatic hydroxyl groups is 1. The summed E-state index contributed by atoms with van der Waals surface area (Å²) in [5, 5.41) is 10.8. The van der Waals surface area contributed by atoms with Crippen molar-refractivity contribution < 1.29 is 19.2 Å². The number of hydrogen-bond acceptors (Lipinski definition) is 5. The summed E-state index contributed by atoms with van der Waals surface area (Å²) in [6.07, 6.45) is 3.36. The fourth-order valence-corrected chi connectivity index (χ4v) is 3.85. The molecule has 3 heterocycles. The fraction of sp³-hybridized carbons (Fsp3) is 0.105. The summed E-state index contributed by atoms with van der Waals surface area (Å²) < 4.78 is 9.13. The molecule has 8 heteroatoms. The van der Waals surface area contributed by atoms with Gasteiger partial charge >= 0.3 is 17.5 Å². The first-order valence-electron chi connectivity index (χ1n) is 8.14. The summed E-state index contributed by atoms with van der Waals surface area (Å²) in [5.74, 6) is -0.394. The van der Waals surface area contributed by atoms with Gasteiger partial charge in [0, 0.05) is 12.3 Å². The monoisotopic (exact) mass is 400 g/mol. The van der Waals surface area contributed by atoms with Crippen LogP contribution in [0.1, 0.15) is 20.9 Å². The van der Waals surface area contributed by atoms with Crippen LogP contribution in [-0.2, 0) is 6.54 Å². The molecule has 0 saturated carbocycles. The quantitative estimate of drug-likeness (QED) is 0.323. The molecular weight excluding hydrogens is 386 g/mol. The number of thiazole rings is 1. The summed E-state index contributed by atoms with van der Waals surface area (Å²) in [5.41, 5.74) is 1.68. The van der Waals surface area contributed by atoms with Crippen LogP contribution in [-0.4, -0.2) is 20.5 Å². The number of carbonyl (C=O) groups is 1. The molecule has 3 aromatic heterocycles. The van der Waals surface area contributed by atoms with E-state index in [2.05, 4.69) is 4.98 Å². The Morgan fingerprint density at radius 3 is 2.93 bits per heavy atom. The molecule has 6 nitrogen and oxygen atoms in total. The van der Waals surface area contributed by atoms with Crippen LogP contribution in [0.25, 0.3) is 5.65 Å². The zero-order chi connectivity index (χ0) is 19.0. The summed E-state index contributed by atoms with van der Waals surface area (Å²) in [4.78, 5) is 17.7. The van der Waals surface area contributed by atoms with Crippen LogP contribution in [0.5, 0.6) is 11.6 Å². The third-order valence-electron chi connectivity index (χ3n) is 4.06. The molecule has 0 fully saturated rings. The minimum Gasteiger partial charge on any atom is -0.474 e. The summed E-state index contributed by atoms with van der Waals surface area (Å²) in [7, 11) is 0. The van der Waals surface area contributed by atoms with Crippen LogP contribution in [0.2, 0.25) is 4.47 Å². The zero-order valence-electron chi connectivity index (χ0n) is 14.3. The minimum atomic E-state index is -0.639. The molecule has 0 amide bonds. The number of esters is 1. The molecule has 0 unspecified atom stereocenters. The van der Waals surface area contributed by atoms with E-state index in [0.717, 1.165) is 10.4 Å². The lowest BCUT2D eigenvalue weighted by Crippen LogP contribution is -2.33. The number of carbonyl (C=O) groups excluding carboxylic acids is 1. The van der Waals surface area contributed by atoms with E-state index < -0.39 is 5.97 Å². The van der Waals surface area contributed by atoms with Crippen LogP contribution in [0.3, 0.4) is 0 Å². The highest BCUT2D eigenvalue weighted by molar-refractivity contribution is 7.15. The van der Waals surface area contributed by atoms with Gasteiger partial charge in [-0.05, 0) is 30.7 Å². The number of ether oxygens (including phenoxy) is 1. The number of imidazole rings is 1. The lowest BCUT2D eigenvalue weighted by Gasteiger charge is -2.02. The van der Waals surface area contributed by atoms with E-state index in [-0.39, 0.29) is 11.6 Å². The number of rotatable bonds is 4. The van der Waals surface area contributed by atoms with Crippen LogP contribution in [0, 0.1) is 6.92 Å². The van der Waals surface area contributed by atoms with Gasteiger partial charge in [0.15, 0.2) is 4.47 Å². The average Bonchev–Trinajstić information content (AvgIpc) is 3.17. The van der Waals surface area contributed by atoms with Gasteiger partial charge in [0.2, 0.25) is 0 Å². The molecular formula is C19H15ClN3O3S+. The SMILES string of the molecule is Cc1cccc(OC(=O)c2c(O)[n+](Cc3cnc(Cl)s3)c3ccccn23)c1. The molecule has 0 aliphatic heterocycles. The van der Waals surface area contributed by atoms with Gasteiger partial charge in [0.1, 0.15) is 12.3 Å². The first-order valence-corrected chi connectivity index (χ1v) is 9.33. The smallest absolute Gasteiger partial charge is 0.392 e. The number of aromatic nitrogens is 3. The Labute approximate surface area is 163 Å². The number of pyridine rings is 1. The van der Waals surface area contributed by atoms with E-state index >= 15 is 0 Å². The third-order valence-corrected chi connectivity index (χ3v) is 5.16. The lowest BCUT2D eigenvalue weighted by molar-refractivity contribution is -0.667. The van der Waals surface area contributed by atoms with Crippen LogP contribution in [0.4, 0.5) is 0 Å². The van der Waals surface area contributed by atoms with E-state index in [1.54, 1.807) is 39.6 Å². The Kier molecular flexibility index (Phi) is 4.55. The van der Waals surface area contributed by atoms with Crippen molar-refractivity contribution in [1.82, 2.24) is 9.38 Å². The van der Waals surface area contributed by atoms with Crippen molar-refractivity contribution in [2.24, 2.45) is 0 Å². The highest BCUT2D eigenvalue weighted by Gasteiger charge is 2.32. The van der Waals surface area contributed by atoms with Crippen LogP contribution >= 0.6 is 22.9 Å². The number of fused-ring (bicyclic) bond motifs is 1. The first kappa shape index (κ1) is 17.5. The van der Waals surface area contributed by atoms with E-state index in [4.69, 9.17) is 16.3 Å². The Bertz CT molecular complexity index is 1150. The second-order valence-electron chi connectivity index (χ2n) is 5.97. The molecule has 27 heavy (non-hydrogen) atoms. The van der Waals surface area contributed by atoms with E-state index in [9.17, 15) is 9.90 Å². The standard InChI is InChI=1S/C19H14ClN3O3S/c1-12-5-4-6-13(9-12)26-18(25)16-17(24)23(11-14-10-21-19(20)27-14)15-7-2-3-8-22(15)16/h2-10H,11H2,1H3/p+1. The normalized spacial score (nSPS) is 11.0. The second-order valence-corrected chi connectivity index (χ2v) is 7.67. The van der Waals surface area contributed by atoms with Crippen molar-refractivity contribution in [2.45, 2.75) is 13.5 Å². The molecule has 0 atom stereocenters. The van der Waals surface area contributed by atoms with Gasteiger partial charge in [0.05, 0.1) is 11.1 Å². The summed E-state index contributed by atoms with van der Waals surface area (Å²) in [6.45, 7) is 2.25. The molecule has 136 valence electrons. The third kappa shape index (κ3) is 3.39. The molecule has 4 rings (SSSR count). The second kappa shape index (κ2) is 7.02. The molecule has 1 aromatic carbocycles. The molecule has 1 N–H and O–H groups in total.